The third-order valence-corrected chi connectivity index (χ3v) is 2.60. The normalized spacial score (nSPS) is 17.2. The summed E-state index contributed by atoms with van der Waals surface area (Å²) in [6.07, 6.45) is 8.43. The van der Waals surface area contributed by atoms with Crippen molar-refractivity contribution >= 4 is 5.91 Å². The molecule has 1 amide bonds. The fraction of sp³-hybridized carbons (Fsp3) is 0.727. The summed E-state index contributed by atoms with van der Waals surface area (Å²) in [5.41, 5.74) is 0. The van der Waals surface area contributed by atoms with Gasteiger partial charge in [0, 0.05) is 13.1 Å². The van der Waals surface area contributed by atoms with Gasteiger partial charge in [0.15, 0.2) is 0 Å². The molecule has 0 heterocycles. The Bertz CT molecular complexity index is 240. The van der Waals surface area contributed by atoms with Gasteiger partial charge in [-0.05, 0) is 19.3 Å². The first kappa shape index (κ1) is 11.1. The van der Waals surface area contributed by atoms with E-state index in [1.54, 1.807) is 0 Å². The van der Waals surface area contributed by atoms with Crippen LogP contribution in [0.5, 0.6) is 0 Å². The van der Waals surface area contributed by atoms with E-state index in [4.69, 9.17) is 6.42 Å². The summed E-state index contributed by atoms with van der Waals surface area (Å²) in [6, 6.07) is 0.502. The minimum atomic E-state index is 0.0200. The number of nitrogens with one attached hydrogen (secondary N) is 1. The molecule has 1 rings (SSSR count). The molecule has 0 aromatic rings. The van der Waals surface area contributed by atoms with E-state index in [0.29, 0.717) is 12.6 Å². The minimum absolute atomic E-state index is 0.0200. The molecule has 1 unspecified atom stereocenters. The third kappa shape index (κ3) is 3.04. The van der Waals surface area contributed by atoms with E-state index in [9.17, 15) is 4.79 Å². The average Bonchev–Trinajstić information content (AvgIpc) is 3.01. The fourth-order valence-electron chi connectivity index (χ4n) is 1.32. The van der Waals surface area contributed by atoms with Crippen molar-refractivity contribution < 1.29 is 4.79 Å². The first-order valence-corrected chi connectivity index (χ1v) is 5.14. The molecular weight excluding hydrogens is 176 g/mol. The number of hydrogen-bond acceptors (Lipinski definition) is 2. The van der Waals surface area contributed by atoms with Crippen LogP contribution in [-0.4, -0.2) is 36.5 Å². The number of carbonyl (C=O) groups excluding carboxylic acids is 1. The van der Waals surface area contributed by atoms with Crippen LogP contribution in [0.25, 0.3) is 0 Å². The van der Waals surface area contributed by atoms with Gasteiger partial charge in [0.25, 0.3) is 0 Å². The highest BCUT2D eigenvalue weighted by Gasteiger charge is 2.29. The fourth-order valence-corrected chi connectivity index (χ4v) is 1.32. The van der Waals surface area contributed by atoms with E-state index in [0.717, 1.165) is 19.3 Å². The second-order valence-electron chi connectivity index (χ2n) is 3.74. The highest BCUT2D eigenvalue weighted by Crippen LogP contribution is 2.25. The van der Waals surface area contributed by atoms with Gasteiger partial charge >= 0.3 is 0 Å². The van der Waals surface area contributed by atoms with E-state index in [-0.39, 0.29) is 11.9 Å². The largest absolute Gasteiger partial charge is 0.342 e. The average molecular weight is 194 g/mol. The molecular formula is C11H18N2O. The van der Waals surface area contributed by atoms with Crippen molar-refractivity contribution in [2.75, 3.05) is 13.6 Å². The van der Waals surface area contributed by atoms with Crippen LogP contribution in [0, 0.1) is 12.3 Å². The maximum atomic E-state index is 11.6. The van der Waals surface area contributed by atoms with Crippen LogP contribution in [0.4, 0.5) is 0 Å². The Hall–Kier alpha value is -1.01. The molecule has 3 nitrogen and oxygen atoms in total. The van der Waals surface area contributed by atoms with Crippen LogP contribution in [0.1, 0.15) is 26.2 Å². The van der Waals surface area contributed by atoms with Crippen LogP contribution >= 0.6 is 0 Å². The van der Waals surface area contributed by atoms with E-state index in [1.165, 1.54) is 0 Å². The predicted molar refractivity (Wildman–Crippen MR) is 56.7 cm³/mol. The first-order valence-electron chi connectivity index (χ1n) is 5.14. The van der Waals surface area contributed by atoms with Crippen LogP contribution in [0.3, 0.4) is 0 Å². The summed E-state index contributed by atoms with van der Waals surface area (Å²) in [5, 5.41) is 3.06. The van der Waals surface area contributed by atoms with Gasteiger partial charge in [-0.15, -0.1) is 6.42 Å². The molecule has 0 aromatic heterocycles. The topological polar surface area (TPSA) is 32.3 Å². The zero-order valence-electron chi connectivity index (χ0n) is 8.92. The van der Waals surface area contributed by atoms with E-state index in [1.807, 2.05) is 18.9 Å². The van der Waals surface area contributed by atoms with Crippen molar-refractivity contribution in [2.45, 2.75) is 38.3 Å². The van der Waals surface area contributed by atoms with Crippen molar-refractivity contribution in [1.82, 2.24) is 10.2 Å². The highest BCUT2D eigenvalue weighted by molar-refractivity contribution is 5.78. The molecule has 1 atom stereocenters. The monoisotopic (exact) mass is 194 g/mol. The molecule has 1 aliphatic carbocycles. The number of carbonyl (C=O) groups is 1. The van der Waals surface area contributed by atoms with E-state index in [2.05, 4.69) is 11.2 Å². The molecule has 14 heavy (non-hydrogen) atoms. The molecule has 0 radical (unpaired) electrons. The summed E-state index contributed by atoms with van der Waals surface area (Å²) in [7, 11) is 1.86. The van der Waals surface area contributed by atoms with E-state index < -0.39 is 0 Å². The molecule has 0 spiro atoms. The summed E-state index contributed by atoms with van der Waals surface area (Å²) in [5.74, 6) is 2.75. The van der Waals surface area contributed by atoms with Crippen molar-refractivity contribution in [1.29, 1.82) is 0 Å². The van der Waals surface area contributed by atoms with Gasteiger partial charge in [-0.1, -0.05) is 12.8 Å². The lowest BCUT2D eigenvalue weighted by Gasteiger charge is -2.18. The predicted octanol–water partition coefficient (Wildman–Crippen LogP) is 0.609. The zero-order valence-corrected chi connectivity index (χ0v) is 8.92. The number of hydrogen-bond donors (Lipinski definition) is 1. The van der Waals surface area contributed by atoms with Crippen molar-refractivity contribution in [2.24, 2.45) is 0 Å². The highest BCUT2D eigenvalue weighted by atomic mass is 16.2. The number of terminal acetylenes is 1. The van der Waals surface area contributed by atoms with Crippen molar-refractivity contribution in [3.63, 3.8) is 0 Å². The Labute approximate surface area is 85.9 Å². The van der Waals surface area contributed by atoms with Gasteiger partial charge < -0.3 is 4.90 Å². The summed E-state index contributed by atoms with van der Waals surface area (Å²) >= 11 is 0. The number of amides is 1. The molecule has 1 N–H and O–H groups in total. The Morgan fingerprint density at radius 1 is 1.71 bits per heavy atom. The van der Waals surface area contributed by atoms with Gasteiger partial charge in [-0.25, -0.2) is 0 Å². The molecule has 0 aromatic carbocycles. The van der Waals surface area contributed by atoms with Crippen LogP contribution in [0.15, 0.2) is 0 Å². The van der Waals surface area contributed by atoms with Crippen LogP contribution < -0.4 is 5.32 Å². The molecule has 1 fully saturated rings. The Morgan fingerprint density at radius 2 is 2.36 bits per heavy atom. The lowest BCUT2D eigenvalue weighted by atomic mass is 10.2. The van der Waals surface area contributed by atoms with Crippen LogP contribution in [-0.2, 0) is 4.79 Å². The smallest absolute Gasteiger partial charge is 0.236 e. The quantitative estimate of drug-likeness (QED) is 0.650. The van der Waals surface area contributed by atoms with Gasteiger partial charge in [0.2, 0.25) is 5.91 Å². The number of nitrogens with zero attached hydrogens (tertiary/aromatic N) is 1. The molecule has 1 aliphatic rings. The SMILES string of the molecule is C#CC(CC)NCC(=O)N(C)C1CC1. The molecule has 3 heteroatoms. The van der Waals surface area contributed by atoms with Gasteiger partial charge in [-0.2, -0.15) is 0 Å². The second-order valence-corrected chi connectivity index (χ2v) is 3.74. The maximum Gasteiger partial charge on any atom is 0.236 e. The summed E-state index contributed by atoms with van der Waals surface area (Å²) < 4.78 is 0. The lowest BCUT2D eigenvalue weighted by Crippen LogP contribution is -2.40. The van der Waals surface area contributed by atoms with Crippen molar-refractivity contribution in [3.8, 4) is 12.3 Å². The van der Waals surface area contributed by atoms with Gasteiger partial charge in [-0.3, -0.25) is 10.1 Å². The van der Waals surface area contributed by atoms with Crippen LogP contribution in [0.2, 0.25) is 0 Å². The first-order chi connectivity index (χ1) is 6.69. The second kappa shape index (κ2) is 5.02. The molecule has 78 valence electrons. The standard InChI is InChI=1S/C11H18N2O/c1-4-9(5-2)12-8-11(14)13(3)10-6-7-10/h1,9-10,12H,5-8H2,2-3H3. The number of likely N-dealkylation sites (N-methyl/N-ethyl adjacent to an activating group) is 1. The summed E-state index contributed by atoms with van der Waals surface area (Å²) in [4.78, 5) is 13.4. The molecule has 0 saturated heterocycles. The lowest BCUT2D eigenvalue weighted by molar-refractivity contribution is -0.129. The Morgan fingerprint density at radius 3 is 2.79 bits per heavy atom. The Kier molecular flexibility index (Phi) is 3.97. The van der Waals surface area contributed by atoms with Gasteiger partial charge in [0.05, 0.1) is 12.6 Å². The molecule has 0 aliphatic heterocycles. The zero-order chi connectivity index (χ0) is 10.6. The minimum Gasteiger partial charge on any atom is -0.342 e. The summed E-state index contributed by atoms with van der Waals surface area (Å²) in [6.45, 7) is 2.36. The van der Waals surface area contributed by atoms with Crippen molar-refractivity contribution in [3.05, 3.63) is 0 Å². The third-order valence-electron chi connectivity index (χ3n) is 2.60. The van der Waals surface area contributed by atoms with E-state index >= 15 is 0 Å². The van der Waals surface area contributed by atoms with Gasteiger partial charge in [0.1, 0.15) is 0 Å². The molecule has 1 saturated carbocycles. The maximum absolute atomic E-state index is 11.6. The number of rotatable bonds is 5. The molecule has 0 bridgehead atoms. The Balaban J connectivity index is 2.23.